The van der Waals surface area contributed by atoms with Crippen LogP contribution in [0.2, 0.25) is 10.0 Å². The largest absolute Gasteiger partial charge is 0.327 e. The van der Waals surface area contributed by atoms with Crippen molar-refractivity contribution in [1.82, 2.24) is 4.72 Å². The second kappa shape index (κ2) is 6.37. The lowest BCUT2D eigenvalue weighted by Crippen LogP contribution is -2.24. The zero-order valence-corrected chi connectivity index (χ0v) is 11.2. The highest BCUT2D eigenvalue weighted by atomic mass is 35.5. The molecule has 7 heteroatoms. The third-order valence-electron chi connectivity index (χ3n) is 1.88. The van der Waals surface area contributed by atoms with Crippen LogP contribution in [0.3, 0.4) is 0 Å². The summed E-state index contributed by atoms with van der Waals surface area (Å²) in [6.45, 7) is 0.516. The summed E-state index contributed by atoms with van der Waals surface area (Å²) in [6, 6.07) is 4.27. The van der Waals surface area contributed by atoms with E-state index in [0.717, 1.165) is 0 Å². The first kappa shape index (κ1) is 14.5. The molecule has 0 amide bonds. The highest BCUT2D eigenvalue weighted by molar-refractivity contribution is 7.89. The SMILES string of the molecule is NC/C=C/CNS(=O)(=O)c1cc(Cl)ccc1Cl. The molecule has 0 bridgehead atoms. The van der Waals surface area contributed by atoms with Crippen LogP contribution < -0.4 is 10.5 Å². The highest BCUT2D eigenvalue weighted by Crippen LogP contribution is 2.24. The van der Waals surface area contributed by atoms with Crippen molar-refractivity contribution in [2.75, 3.05) is 13.1 Å². The Hall–Kier alpha value is -0.590. The highest BCUT2D eigenvalue weighted by Gasteiger charge is 2.17. The summed E-state index contributed by atoms with van der Waals surface area (Å²) < 4.78 is 26.1. The van der Waals surface area contributed by atoms with E-state index in [1.54, 1.807) is 12.2 Å². The summed E-state index contributed by atoms with van der Waals surface area (Å²) in [6.07, 6.45) is 3.28. The second-order valence-electron chi connectivity index (χ2n) is 3.13. The second-order valence-corrected chi connectivity index (χ2v) is 5.71. The van der Waals surface area contributed by atoms with Gasteiger partial charge in [0.15, 0.2) is 0 Å². The van der Waals surface area contributed by atoms with Crippen LogP contribution in [0.15, 0.2) is 35.2 Å². The van der Waals surface area contributed by atoms with E-state index in [1.165, 1.54) is 18.2 Å². The maximum Gasteiger partial charge on any atom is 0.242 e. The molecule has 94 valence electrons. The van der Waals surface area contributed by atoms with Crippen LogP contribution in [0.5, 0.6) is 0 Å². The van der Waals surface area contributed by atoms with Gasteiger partial charge in [0.1, 0.15) is 4.90 Å². The van der Waals surface area contributed by atoms with Crippen molar-refractivity contribution in [3.8, 4) is 0 Å². The molecular weight excluding hydrogens is 283 g/mol. The Bertz CT molecular complexity index is 515. The van der Waals surface area contributed by atoms with E-state index in [4.69, 9.17) is 28.9 Å². The van der Waals surface area contributed by atoms with E-state index < -0.39 is 10.0 Å². The Morgan fingerprint density at radius 3 is 2.65 bits per heavy atom. The molecule has 0 atom stereocenters. The van der Waals surface area contributed by atoms with Crippen LogP contribution >= 0.6 is 23.2 Å². The van der Waals surface area contributed by atoms with Gasteiger partial charge >= 0.3 is 0 Å². The van der Waals surface area contributed by atoms with E-state index >= 15 is 0 Å². The van der Waals surface area contributed by atoms with Gasteiger partial charge in [-0.05, 0) is 18.2 Å². The first-order valence-corrected chi connectivity index (χ1v) is 7.01. The third kappa shape index (κ3) is 4.29. The fraction of sp³-hybridized carbons (Fsp3) is 0.200. The van der Waals surface area contributed by atoms with Gasteiger partial charge in [-0.15, -0.1) is 0 Å². The lowest BCUT2D eigenvalue weighted by atomic mass is 10.4. The predicted octanol–water partition coefficient (Wildman–Crippen LogP) is 1.79. The maximum absolute atomic E-state index is 11.8. The Labute approximate surface area is 110 Å². The molecule has 4 nitrogen and oxygen atoms in total. The Balaban J connectivity index is 2.89. The molecule has 0 aromatic heterocycles. The predicted molar refractivity (Wildman–Crippen MR) is 69.8 cm³/mol. The van der Waals surface area contributed by atoms with E-state index in [2.05, 4.69) is 4.72 Å². The summed E-state index contributed by atoms with van der Waals surface area (Å²) in [7, 11) is -3.65. The summed E-state index contributed by atoms with van der Waals surface area (Å²) in [5, 5.41) is 0.442. The van der Waals surface area contributed by atoms with Crippen LogP contribution in [-0.4, -0.2) is 21.5 Å². The number of halogens is 2. The van der Waals surface area contributed by atoms with E-state index in [-0.39, 0.29) is 16.5 Å². The molecule has 1 aromatic rings. The van der Waals surface area contributed by atoms with Crippen molar-refractivity contribution in [3.63, 3.8) is 0 Å². The molecule has 3 N–H and O–H groups in total. The smallest absolute Gasteiger partial charge is 0.242 e. The van der Waals surface area contributed by atoms with Crippen LogP contribution in [0.25, 0.3) is 0 Å². The molecule has 0 spiro atoms. The van der Waals surface area contributed by atoms with Gasteiger partial charge in [0.2, 0.25) is 10.0 Å². The summed E-state index contributed by atoms with van der Waals surface area (Å²) >= 11 is 11.5. The number of sulfonamides is 1. The Morgan fingerprint density at radius 2 is 2.00 bits per heavy atom. The lowest BCUT2D eigenvalue weighted by Gasteiger charge is -2.06. The third-order valence-corrected chi connectivity index (χ3v) is 4.02. The number of benzene rings is 1. The molecular formula is C10H12Cl2N2O2S. The minimum absolute atomic E-state index is 0.0344. The van der Waals surface area contributed by atoms with Crippen LogP contribution in [-0.2, 0) is 10.0 Å². The summed E-state index contributed by atoms with van der Waals surface area (Å²) in [4.78, 5) is -0.0344. The standard InChI is InChI=1S/C10H12Cl2N2O2S/c11-8-3-4-9(12)10(7-8)17(15,16)14-6-2-1-5-13/h1-4,7,14H,5-6,13H2/b2-1+. The first-order valence-electron chi connectivity index (χ1n) is 4.77. The zero-order valence-electron chi connectivity index (χ0n) is 8.86. The Morgan fingerprint density at radius 1 is 1.29 bits per heavy atom. The zero-order chi connectivity index (χ0) is 12.9. The van der Waals surface area contributed by atoms with E-state index in [9.17, 15) is 8.42 Å². The molecule has 0 heterocycles. The van der Waals surface area contributed by atoms with Crippen LogP contribution in [0.1, 0.15) is 0 Å². The summed E-state index contributed by atoms with van der Waals surface area (Å²) in [5.74, 6) is 0. The van der Waals surface area contributed by atoms with Crippen molar-refractivity contribution in [1.29, 1.82) is 0 Å². The lowest BCUT2D eigenvalue weighted by molar-refractivity contribution is 0.585. The maximum atomic E-state index is 11.8. The van der Waals surface area contributed by atoms with Gasteiger partial charge in [-0.25, -0.2) is 13.1 Å². The van der Waals surface area contributed by atoms with Gasteiger partial charge in [-0.2, -0.15) is 0 Å². The molecule has 0 saturated heterocycles. The fourth-order valence-corrected chi connectivity index (χ4v) is 2.84. The van der Waals surface area contributed by atoms with Gasteiger partial charge in [-0.3, -0.25) is 0 Å². The fourth-order valence-electron chi connectivity index (χ4n) is 1.10. The van der Waals surface area contributed by atoms with Gasteiger partial charge in [0.25, 0.3) is 0 Å². The molecule has 0 radical (unpaired) electrons. The average molecular weight is 295 g/mol. The van der Waals surface area contributed by atoms with Crippen molar-refractivity contribution in [3.05, 3.63) is 40.4 Å². The topological polar surface area (TPSA) is 72.2 Å². The van der Waals surface area contributed by atoms with Gasteiger partial charge < -0.3 is 5.73 Å². The van der Waals surface area contributed by atoms with Crippen molar-refractivity contribution >= 4 is 33.2 Å². The summed E-state index contributed by atoms with van der Waals surface area (Å²) in [5.41, 5.74) is 5.23. The normalized spacial score (nSPS) is 12.2. The van der Waals surface area contributed by atoms with Crippen LogP contribution in [0, 0.1) is 0 Å². The monoisotopic (exact) mass is 294 g/mol. The molecule has 1 rings (SSSR count). The minimum atomic E-state index is -3.65. The molecule has 1 aromatic carbocycles. The van der Waals surface area contributed by atoms with Crippen molar-refractivity contribution < 1.29 is 8.42 Å². The van der Waals surface area contributed by atoms with E-state index in [1.807, 2.05) is 0 Å². The minimum Gasteiger partial charge on any atom is -0.327 e. The molecule has 0 aliphatic heterocycles. The number of nitrogens with one attached hydrogen (secondary N) is 1. The molecule has 0 aliphatic carbocycles. The van der Waals surface area contributed by atoms with Gasteiger partial charge in [-0.1, -0.05) is 35.4 Å². The molecule has 0 aliphatic rings. The van der Waals surface area contributed by atoms with Crippen molar-refractivity contribution in [2.24, 2.45) is 5.73 Å². The average Bonchev–Trinajstić information content (AvgIpc) is 2.28. The Kier molecular flexibility index (Phi) is 5.42. The van der Waals surface area contributed by atoms with Crippen LogP contribution in [0.4, 0.5) is 0 Å². The number of hydrogen-bond acceptors (Lipinski definition) is 3. The van der Waals surface area contributed by atoms with Crippen molar-refractivity contribution in [2.45, 2.75) is 4.90 Å². The molecule has 17 heavy (non-hydrogen) atoms. The number of rotatable bonds is 5. The first-order chi connectivity index (χ1) is 7.97. The molecule has 0 saturated carbocycles. The number of nitrogens with two attached hydrogens (primary N) is 1. The van der Waals surface area contributed by atoms with E-state index in [0.29, 0.717) is 11.6 Å². The van der Waals surface area contributed by atoms with Gasteiger partial charge in [0, 0.05) is 18.1 Å². The van der Waals surface area contributed by atoms with Gasteiger partial charge in [0.05, 0.1) is 5.02 Å². The quantitative estimate of drug-likeness (QED) is 0.813. The molecule has 0 unspecified atom stereocenters. The number of hydrogen-bond donors (Lipinski definition) is 2. The molecule has 0 fully saturated rings.